The van der Waals surface area contributed by atoms with E-state index < -0.39 is 0 Å². The van der Waals surface area contributed by atoms with Crippen LogP contribution >= 0.6 is 34.5 Å². The molecule has 15 heavy (non-hydrogen) atoms. The Balaban J connectivity index is 1.92. The molecule has 5 heteroatoms. The summed E-state index contributed by atoms with van der Waals surface area (Å²) in [4.78, 5) is 3.57. The van der Waals surface area contributed by atoms with Gasteiger partial charge in [0.2, 0.25) is 0 Å². The van der Waals surface area contributed by atoms with E-state index in [0.29, 0.717) is 5.88 Å². The zero-order chi connectivity index (χ0) is 10.7. The fourth-order valence-electron chi connectivity index (χ4n) is 1.66. The number of ether oxygens (including phenoxy) is 1. The highest BCUT2D eigenvalue weighted by molar-refractivity contribution is 7.10. The summed E-state index contributed by atoms with van der Waals surface area (Å²) in [6.45, 7) is 3.53. The van der Waals surface area contributed by atoms with Crippen LogP contribution in [0, 0.1) is 0 Å². The summed E-state index contributed by atoms with van der Waals surface area (Å²) in [5.74, 6) is 0.564. The van der Waals surface area contributed by atoms with Gasteiger partial charge in [-0.2, -0.15) is 0 Å². The molecule has 2 nitrogen and oxygen atoms in total. The number of hydrogen-bond acceptors (Lipinski definition) is 3. The fraction of sp³-hybridized carbons (Fsp3) is 0.600. The Morgan fingerprint density at radius 1 is 1.60 bits per heavy atom. The largest absolute Gasteiger partial charge is 0.374 e. The van der Waals surface area contributed by atoms with Crippen molar-refractivity contribution in [2.24, 2.45) is 0 Å². The summed E-state index contributed by atoms with van der Waals surface area (Å²) in [7, 11) is 0. The molecular weight excluding hydrogens is 253 g/mol. The molecule has 0 N–H and O–H groups in total. The van der Waals surface area contributed by atoms with E-state index in [1.807, 2.05) is 11.4 Å². The van der Waals surface area contributed by atoms with E-state index in [9.17, 15) is 0 Å². The maximum absolute atomic E-state index is 6.06. The highest BCUT2D eigenvalue weighted by atomic mass is 35.5. The molecule has 0 amide bonds. The van der Waals surface area contributed by atoms with Crippen LogP contribution in [0.4, 0.5) is 0 Å². The average Bonchev–Trinajstić information content (AvgIpc) is 2.65. The molecule has 2 rings (SSSR count). The van der Waals surface area contributed by atoms with E-state index in [1.165, 1.54) is 4.88 Å². The number of hydrogen-bond donors (Lipinski definition) is 0. The molecule has 0 radical (unpaired) electrons. The highest BCUT2D eigenvalue weighted by Crippen LogP contribution is 2.24. The lowest BCUT2D eigenvalue weighted by molar-refractivity contribution is -0.0190. The Morgan fingerprint density at radius 2 is 2.47 bits per heavy atom. The predicted molar refractivity (Wildman–Crippen MR) is 65.1 cm³/mol. The molecule has 2 heterocycles. The lowest BCUT2D eigenvalue weighted by atomic mass is 10.3. The van der Waals surface area contributed by atoms with Gasteiger partial charge in [-0.25, -0.2) is 0 Å². The van der Waals surface area contributed by atoms with E-state index in [4.69, 9.17) is 27.9 Å². The van der Waals surface area contributed by atoms with Gasteiger partial charge in [0, 0.05) is 30.4 Å². The van der Waals surface area contributed by atoms with Gasteiger partial charge in [-0.15, -0.1) is 22.9 Å². The normalized spacial score (nSPS) is 23.2. The van der Waals surface area contributed by atoms with Crippen LogP contribution in [0.5, 0.6) is 0 Å². The van der Waals surface area contributed by atoms with Gasteiger partial charge in [0.05, 0.1) is 17.7 Å². The summed E-state index contributed by atoms with van der Waals surface area (Å²) in [5.41, 5.74) is 0. The van der Waals surface area contributed by atoms with Gasteiger partial charge < -0.3 is 4.74 Å². The number of thiophene rings is 1. The molecule has 1 fully saturated rings. The molecule has 0 aliphatic carbocycles. The van der Waals surface area contributed by atoms with E-state index in [2.05, 4.69) is 4.90 Å². The summed E-state index contributed by atoms with van der Waals surface area (Å²) < 4.78 is 5.50. The van der Waals surface area contributed by atoms with Crippen LogP contribution in [0.1, 0.15) is 4.88 Å². The first-order chi connectivity index (χ1) is 7.29. The second-order valence-electron chi connectivity index (χ2n) is 3.57. The van der Waals surface area contributed by atoms with Crippen LogP contribution in [0.2, 0.25) is 5.02 Å². The van der Waals surface area contributed by atoms with Gasteiger partial charge >= 0.3 is 0 Å². The molecule has 0 spiro atoms. The molecule has 0 saturated carbocycles. The van der Waals surface area contributed by atoms with Crippen molar-refractivity contribution in [1.29, 1.82) is 0 Å². The average molecular weight is 266 g/mol. The van der Waals surface area contributed by atoms with Gasteiger partial charge in [-0.05, 0) is 11.4 Å². The van der Waals surface area contributed by atoms with Crippen LogP contribution in [0.3, 0.4) is 0 Å². The summed E-state index contributed by atoms with van der Waals surface area (Å²) >= 11 is 13.5. The lowest BCUT2D eigenvalue weighted by Crippen LogP contribution is -2.42. The molecule has 1 aromatic rings. The Hall–Kier alpha value is 0.200. The van der Waals surface area contributed by atoms with Crippen molar-refractivity contribution in [1.82, 2.24) is 4.90 Å². The zero-order valence-electron chi connectivity index (χ0n) is 8.29. The molecule has 84 valence electrons. The van der Waals surface area contributed by atoms with Crippen LogP contribution in [0.25, 0.3) is 0 Å². The molecule has 1 saturated heterocycles. The number of alkyl halides is 1. The van der Waals surface area contributed by atoms with E-state index >= 15 is 0 Å². The number of halogens is 2. The fourth-order valence-corrected chi connectivity index (χ4v) is 2.98. The number of rotatable bonds is 3. The van der Waals surface area contributed by atoms with Crippen LogP contribution < -0.4 is 0 Å². The lowest BCUT2D eigenvalue weighted by Gasteiger charge is -2.31. The molecule has 1 atom stereocenters. The summed E-state index contributed by atoms with van der Waals surface area (Å²) in [5, 5.41) is 2.89. The minimum absolute atomic E-state index is 0.166. The second-order valence-corrected chi connectivity index (χ2v) is 5.29. The number of morpholine rings is 1. The first kappa shape index (κ1) is 11.7. The van der Waals surface area contributed by atoms with Gasteiger partial charge in [0.25, 0.3) is 0 Å². The van der Waals surface area contributed by atoms with Crippen molar-refractivity contribution in [3.05, 3.63) is 21.3 Å². The van der Waals surface area contributed by atoms with Gasteiger partial charge in [0.1, 0.15) is 0 Å². The second kappa shape index (κ2) is 5.51. The standard InChI is InChI=1S/C10H13Cl2NOS/c11-5-8-6-13(2-3-14-8)7-10-9(12)1-4-15-10/h1,4,8H,2-3,5-7H2. The van der Waals surface area contributed by atoms with E-state index in [0.717, 1.165) is 31.3 Å². The zero-order valence-corrected chi connectivity index (χ0v) is 10.6. The molecule has 1 aromatic heterocycles. The maximum Gasteiger partial charge on any atom is 0.0837 e. The minimum atomic E-state index is 0.166. The smallest absolute Gasteiger partial charge is 0.0837 e. The van der Waals surface area contributed by atoms with Crippen molar-refractivity contribution in [3.63, 3.8) is 0 Å². The van der Waals surface area contributed by atoms with Crippen molar-refractivity contribution in [2.45, 2.75) is 12.6 Å². The third-order valence-corrected chi connectivity index (χ3v) is 4.17. The van der Waals surface area contributed by atoms with Crippen LogP contribution in [0.15, 0.2) is 11.4 Å². The van der Waals surface area contributed by atoms with Crippen LogP contribution in [-0.2, 0) is 11.3 Å². The first-order valence-electron chi connectivity index (χ1n) is 4.91. The molecule has 1 unspecified atom stereocenters. The Labute approximate surface area is 104 Å². The molecular formula is C10H13Cl2NOS. The highest BCUT2D eigenvalue weighted by Gasteiger charge is 2.20. The van der Waals surface area contributed by atoms with Gasteiger partial charge in [0.15, 0.2) is 0 Å². The summed E-state index contributed by atoms with van der Waals surface area (Å²) in [6.07, 6.45) is 0.166. The Kier molecular flexibility index (Phi) is 4.29. The molecule has 1 aliphatic rings. The predicted octanol–water partition coefficient (Wildman–Crippen LogP) is 2.84. The molecule has 0 bridgehead atoms. The quantitative estimate of drug-likeness (QED) is 0.780. The van der Waals surface area contributed by atoms with Gasteiger partial charge in [-0.3, -0.25) is 4.90 Å². The Bertz CT molecular complexity index is 318. The Morgan fingerprint density at radius 3 is 3.13 bits per heavy atom. The maximum atomic E-state index is 6.06. The number of nitrogens with zero attached hydrogens (tertiary/aromatic N) is 1. The summed E-state index contributed by atoms with van der Waals surface area (Å²) in [6, 6.07) is 1.95. The van der Waals surface area contributed by atoms with E-state index in [1.54, 1.807) is 11.3 Å². The third kappa shape index (κ3) is 3.08. The van der Waals surface area contributed by atoms with E-state index in [-0.39, 0.29) is 6.10 Å². The third-order valence-electron chi connectivity index (χ3n) is 2.45. The SMILES string of the molecule is ClCC1CN(Cc2sccc2Cl)CCO1. The topological polar surface area (TPSA) is 12.5 Å². The van der Waals surface area contributed by atoms with Gasteiger partial charge in [-0.1, -0.05) is 11.6 Å². The van der Waals surface area contributed by atoms with Crippen molar-refractivity contribution in [2.75, 3.05) is 25.6 Å². The van der Waals surface area contributed by atoms with Crippen molar-refractivity contribution >= 4 is 34.5 Å². The van der Waals surface area contributed by atoms with Crippen molar-refractivity contribution < 1.29 is 4.74 Å². The first-order valence-corrected chi connectivity index (χ1v) is 6.70. The minimum Gasteiger partial charge on any atom is -0.374 e. The van der Waals surface area contributed by atoms with Crippen molar-refractivity contribution in [3.8, 4) is 0 Å². The van der Waals surface area contributed by atoms with Crippen LogP contribution in [-0.4, -0.2) is 36.6 Å². The monoisotopic (exact) mass is 265 g/mol. The molecule has 1 aliphatic heterocycles. The molecule has 0 aromatic carbocycles.